The minimum atomic E-state index is 0.419. The zero-order valence-corrected chi connectivity index (χ0v) is 10.2. The first kappa shape index (κ1) is 12.2. The molecule has 1 aromatic rings. The summed E-state index contributed by atoms with van der Waals surface area (Å²) < 4.78 is 1.87. The van der Waals surface area contributed by atoms with Crippen molar-refractivity contribution in [3.8, 4) is 0 Å². The average Bonchev–Trinajstić information content (AvgIpc) is 2.65. The van der Waals surface area contributed by atoms with Gasteiger partial charge in [0, 0.05) is 13.2 Å². The number of nitrogens with one attached hydrogen (secondary N) is 1. The van der Waals surface area contributed by atoms with E-state index in [1.165, 1.54) is 32.1 Å². The van der Waals surface area contributed by atoms with Crippen LogP contribution in [0.1, 0.15) is 50.8 Å². The van der Waals surface area contributed by atoms with Gasteiger partial charge in [-0.05, 0) is 19.5 Å². The molecule has 1 aromatic heterocycles. The Morgan fingerprint density at radius 3 is 2.73 bits per heavy atom. The van der Waals surface area contributed by atoms with Crippen molar-refractivity contribution in [3.63, 3.8) is 0 Å². The highest BCUT2D eigenvalue weighted by molar-refractivity contribution is 5.04. The molecule has 0 aliphatic rings. The van der Waals surface area contributed by atoms with Crippen LogP contribution in [-0.4, -0.2) is 16.8 Å². The highest BCUT2D eigenvalue weighted by Gasteiger charge is 2.10. The van der Waals surface area contributed by atoms with E-state index in [4.69, 9.17) is 0 Å². The molecule has 1 unspecified atom stereocenters. The lowest BCUT2D eigenvalue weighted by atomic mass is 10.1. The number of rotatable bonds is 7. The lowest BCUT2D eigenvalue weighted by Crippen LogP contribution is -2.17. The van der Waals surface area contributed by atoms with Gasteiger partial charge in [0.15, 0.2) is 0 Å². The number of unbranched alkanes of at least 4 members (excludes halogenated alkanes) is 3. The summed E-state index contributed by atoms with van der Waals surface area (Å²) in [7, 11) is 3.98. The zero-order valence-electron chi connectivity index (χ0n) is 10.2. The van der Waals surface area contributed by atoms with Crippen molar-refractivity contribution >= 4 is 0 Å². The molecule has 0 aromatic carbocycles. The van der Waals surface area contributed by atoms with Crippen LogP contribution < -0.4 is 5.32 Å². The molecule has 1 rings (SSSR count). The molecule has 0 spiro atoms. The molecule has 0 saturated carbocycles. The van der Waals surface area contributed by atoms with E-state index in [2.05, 4.69) is 23.4 Å². The van der Waals surface area contributed by atoms with Crippen LogP contribution in [0.5, 0.6) is 0 Å². The quantitative estimate of drug-likeness (QED) is 0.700. The summed E-state index contributed by atoms with van der Waals surface area (Å²) in [6, 6.07) is 2.52. The monoisotopic (exact) mass is 209 g/mol. The molecular formula is C12H23N3. The van der Waals surface area contributed by atoms with Gasteiger partial charge in [0.05, 0.1) is 11.7 Å². The molecule has 1 heterocycles. The van der Waals surface area contributed by atoms with E-state index in [-0.39, 0.29) is 0 Å². The molecule has 0 aliphatic carbocycles. The lowest BCUT2D eigenvalue weighted by molar-refractivity contribution is 0.490. The first-order valence-electron chi connectivity index (χ1n) is 5.94. The molecule has 86 valence electrons. The molecule has 1 atom stereocenters. The van der Waals surface area contributed by atoms with E-state index in [9.17, 15) is 0 Å². The van der Waals surface area contributed by atoms with Gasteiger partial charge in [-0.25, -0.2) is 0 Å². The van der Waals surface area contributed by atoms with Gasteiger partial charge in [0.25, 0.3) is 0 Å². The summed E-state index contributed by atoms with van der Waals surface area (Å²) in [6.45, 7) is 2.24. The van der Waals surface area contributed by atoms with Crippen LogP contribution in [0.15, 0.2) is 12.3 Å². The third kappa shape index (κ3) is 4.04. The number of aromatic nitrogens is 2. The van der Waals surface area contributed by atoms with Crippen LogP contribution in [0, 0.1) is 0 Å². The second-order valence-corrected chi connectivity index (χ2v) is 4.10. The van der Waals surface area contributed by atoms with Gasteiger partial charge in [0.1, 0.15) is 0 Å². The van der Waals surface area contributed by atoms with Crippen LogP contribution >= 0.6 is 0 Å². The molecule has 15 heavy (non-hydrogen) atoms. The van der Waals surface area contributed by atoms with Gasteiger partial charge in [0.2, 0.25) is 0 Å². The maximum absolute atomic E-state index is 4.43. The standard InChI is InChI=1S/C12H23N3/c1-4-5-6-7-8-11(13-2)12-9-10-15(3)14-12/h9-11,13H,4-8H2,1-3H3. The van der Waals surface area contributed by atoms with E-state index in [0.29, 0.717) is 6.04 Å². The van der Waals surface area contributed by atoms with E-state index < -0.39 is 0 Å². The third-order valence-electron chi connectivity index (χ3n) is 2.79. The minimum absolute atomic E-state index is 0.419. The fourth-order valence-electron chi connectivity index (χ4n) is 1.83. The van der Waals surface area contributed by atoms with Crippen LogP contribution in [-0.2, 0) is 7.05 Å². The first-order chi connectivity index (χ1) is 7.27. The summed E-state index contributed by atoms with van der Waals surface area (Å²) in [6.07, 6.45) is 8.46. The summed E-state index contributed by atoms with van der Waals surface area (Å²) in [5.74, 6) is 0. The second kappa shape index (κ2) is 6.62. The third-order valence-corrected chi connectivity index (χ3v) is 2.79. The normalized spacial score (nSPS) is 13.0. The predicted octanol–water partition coefficient (Wildman–Crippen LogP) is 2.65. The molecule has 0 radical (unpaired) electrons. The smallest absolute Gasteiger partial charge is 0.0793 e. The van der Waals surface area contributed by atoms with Gasteiger partial charge in [-0.1, -0.05) is 32.6 Å². The Morgan fingerprint density at radius 1 is 1.40 bits per heavy atom. The van der Waals surface area contributed by atoms with Crippen LogP contribution in [0.2, 0.25) is 0 Å². The highest BCUT2D eigenvalue weighted by Crippen LogP contribution is 2.17. The average molecular weight is 209 g/mol. The van der Waals surface area contributed by atoms with E-state index in [1.807, 2.05) is 25.0 Å². The van der Waals surface area contributed by atoms with Crippen LogP contribution in [0.4, 0.5) is 0 Å². The second-order valence-electron chi connectivity index (χ2n) is 4.10. The number of nitrogens with zero attached hydrogens (tertiary/aromatic N) is 2. The Hall–Kier alpha value is -0.830. The first-order valence-corrected chi connectivity index (χ1v) is 5.94. The fraction of sp³-hybridized carbons (Fsp3) is 0.750. The van der Waals surface area contributed by atoms with Crippen molar-refractivity contribution in [2.75, 3.05) is 7.05 Å². The number of hydrogen-bond donors (Lipinski definition) is 1. The number of hydrogen-bond acceptors (Lipinski definition) is 2. The number of aryl methyl sites for hydroxylation is 1. The van der Waals surface area contributed by atoms with Crippen molar-refractivity contribution in [2.24, 2.45) is 7.05 Å². The Kier molecular flexibility index (Phi) is 5.40. The molecule has 0 aliphatic heterocycles. The predicted molar refractivity (Wildman–Crippen MR) is 63.8 cm³/mol. The molecule has 1 N–H and O–H groups in total. The summed E-state index contributed by atoms with van der Waals surface area (Å²) in [5.41, 5.74) is 1.16. The van der Waals surface area contributed by atoms with Crippen molar-refractivity contribution in [1.29, 1.82) is 0 Å². The van der Waals surface area contributed by atoms with Gasteiger partial charge in [-0.15, -0.1) is 0 Å². The Bertz CT molecular complexity index is 268. The Balaban J connectivity index is 2.35. The lowest BCUT2D eigenvalue weighted by Gasteiger charge is -2.13. The topological polar surface area (TPSA) is 29.9 Å². The van der Waals surface area contributed by atoms with Crippen molar-refractivity contribution < 1.29 is 0 Å². The van der Waals surface area contributed by atoms with Crippen molar-refractivity contribution in [2.45, 2.75) is 45.1 Å². The van der Waals surface area contributed by atoms with Crippen molar-refractivity contribution in [3.05, 3.63) is 18.0 Å². The fourth-order valence-corrected chi connectivity index (χ4v) is 1.83. The van der Waals surface area contributed by atoms with Crippen LogP contribution in [0.3, 0.4) is 0 Å². The molecule has 0 bridgehead atoms. The van der Waals surface area contributed by atoms with Crippen molar-refractivity contribution in [1.82, 2.24) is 15.1 Å². The molecular weight excluding hydrogens is 186 g/mol. The van der Waals surface area contributed by atoms with Gasteiger partial charge < -0.3 is 5.32 Å². The molecule has 0 saturated heterocycles. The Labute approximate surface area is 92.9 Å². The SMILES string of the molecule is CCCCCCC(NC)c1ccn(C)n1. The molecule has 0 fully saturated rings. The molecule has 0 amide bonds. The van der Waals surface area contributed by atoms with Crippen LogP contribution in [0.25, 0.3) is 0 Å². The van der Waals surface area contributed by atoms with Gasteiger partial charge >= 0.3 is 0 Å². The van der Waals surface area contributed by atoms with E-state index in [0.717, 1.165) is 5.69 Å². The summed E-state index contributed by atoms with van der Waals surface area (Å²) >= 11 is 0. The van der Waals surface area contributed by atoms with E-state index >= 15 is 0 Å². The van der Waals surface area contributed by atoms with Gasteiger partial charge in [-0.2, -0.15) is 5.10 Å². The summed E-state index contributed by atoms with van der Waals surface area (Å²) in [4.78, 5) is 0. The molecule has 3 heteroatoms. The Morgan fingerprint density at radius 2 is 2.20 bits per heavy atom. The minimum Gasteiger partial charge on any atom is -0.312 e. The maximum Gasteiger partial charge on any atom is 0.0793 e. The van der Waals surface area contributed by atoms with Gasteiger partial charge in [-0.3, -0.25) is 4.68 Å². The highest BCUT2D eigenvalue weighted by atomic mass is 15.3. The zero-order chi connectivity index (χ0) is 11.1. The summed E-state index contributed by atoms with van der Waals surface area (Å²) in [5, 5.41) is 7.77. The van der Waals surface area contributed by atoms with E-state index in [1.54, 1.807) is 0 Å². The molecule has 3 nitrogen and oxygen atoms in total. The maximum atomic E-state index is 4.43. The largest absolute Gasteiger partial charge is 0.312 e.